The van der Waals surface area contributed by atoms with Crippen LogP contribution < -0.4 is 18.9 Å². The Morgan fingerprint density at radius 3 is 2.57 bits per heavy atom. The number of amides is 1. The van der Waals surface area contributed by atoms with Crippen molar-refractivity contribution in [1.29, 1.82) is 0 Å². The van der Waals surface area contributed by atoms with Crippen molar-refractivity contribution >= 4 is 5.91 Å². The van der Waals surface area contributed by atoms with Crippen molar-refractivity contribution in [2.24, 2.45) is 0 Å². The molecule has 150 valence electrons. The molecule has 1 aromatic heterocycles. The first-order chi connectivity index (χ1) is 13.7. The number of carbonyl (C=O) groups excluding carboxylic acids is 1. The lowest BCUT2D eigenvalue weighted by molar-refractivity contribution is -0.136. The van der Waals surface area contributed by atoms with Crippen molar-refractivity contribution in [3.8, 4) is 23.3 Å². The molecule has 2 aromatic rings. The van der Waals surface area contributed by atoms with E-state index in [1.165, 1.54) is 19.5 Å². The van der Waals surface area contributed by atoms with Crippen molar-refractivity contribution in [2.45, 2.75) is 25.9 Å². The molecule has 2 heterocycles. The van der Waals surface area contributed by atoms with E-state index in [0.29, 0.717) is 37.2 Å². The first-order valence-electron chi connectivity index (χ1n) is 9.34. The van der Waals surface area contributed by atoms with Gasteiger partial charge in [0.05, 0.1) is 32.7 Å². The van der Waals surface area contributed by atoms with Gasteiger partial charge in [0.2, 0.25) is 11.8 Å². The van der Waals surface area contributed by atoms with Gasteiger partial charge >= 0.3 is 0 Å². The molecule has 3 rings (SSSR count). The topological polar surface area (TPSA) is 83.0 Å². The Balaban J connectivity index is 1.49. The number of methoxy groups -OCH3 is 1. The van der Waals surface area contributed by atoms with Gasteiger partial charge < -0.3 is 23.8 Å². The highest BCUT2D eigenvalue weighted by molar-refractivity contribution is 5.77. The maximum Gasteiger partial charge on any atom is 0.260 e. The standard InChI is InChI=1S/C20H25N3O5/c1-3-26-15-6-8-16(9-7-15)27-14-20(24)23-10-4-5-17(13-23)28-19-12-21-11-18(22-19)25-2/h6-9,11-12,17H,3-5,10,13-14H2,1-2H3. The minimum Gasteiger partial charge on any atom is -0.494 e. The van der Waals surface area contributed by atoms with E-state index in [0.717, 1.165) is 18.6 Å². The van der Waals surface area contributed by atoms with Crippen molar-refractivity contribution in [3.63, 3.8) is 0 Å². The van der Waals surface area contributed by atoms with Crippen LogP contribution in [0.4, 0.5) is 0 Å². The van der Waals surface area contributed by atoms with E-state index >= 15 is 0 Å². The molecular weight excluding hydrogens is 362 g/mol. The van der Waals surface area contributed by atoms with E-state index in [1.54, 1.807) is 17.0 Å². The van der Waals surface area contributed by atoms with Gasteiger partial charge in [-0.1, -0.05) is 0 Å². The van der Waals surface area contributed by atoms with Crippen LogP contribution in [-0.2, 0) is 4.79 Å². The molecule has 1 atom stereocenters. The highest BCUT2D eigenvalue weighted by atomic mass is 16.5. The molecule has 0 bridgehead atoms. The Bertz CT molecular complexity index is 769. The second-order valence-corrected chi connectivity index (χ2v) is 6.31. The van der Waals surface area contributed by atoms with E-state index < -0.39 is 0 Å². The first kappa shape index (κ1) is 19.7. The van der Waals surface area contributed by atoms with Crippen molar-refractivity contribution < 1.29 is 23.7 Å². The highest BCUT2D eigenvalue weighted by Crippen LogP contribution is 2.20. The monoisotopic (exact) mass is 387 g/mol. The number of benzene rings is 1. The Hall–Kier alpha value is -3.03. The summed E-state index contributed by atoms with van der Waals surface area (Å²) in [6.07, 6.45) is 4.63. The van der Waals surface area contributed by atoms with Crippen LogP contribution in [0, 0.1) is 0 Å². The van der Waals surface area contributed by atoms with E-state index in [2.05, 4.69) is 9.97 Å². The zero-order valence-corrected chi connectivity index (χ0v) is 16.2. The molecule has 1 amide bonds. The average molecular weight is 387 g/mol. The predicted molar refractivity (Wildman–Crippen MR) is 102 cm³/mol. The maximum atomic E-state index is 12.5. The third-order valence-corrected chi connectivity index (χ3v) is 4.31. The molecule has 0 saturated carbocycles. The second kappa shape index (κ2) is 9.77. The van der Waals surface area contributed by atoms with Crippen LogP contribution in [0.3, 0.4) is 0 Å². The SMILES string of the molecule is CCOc1ccc(OCC(=O)N2CCCC(Oc3cncc(OC)n3)C2)cc1. The molecular formula is C20H25N3O5. The van der Waals surface area contributed by atoms with E-state index in [9.17, 15) is 4.79 Å². The number of nitrogens with zero attached hydrogens (tertiary/aromatic N) is 3. The molecule has 1 saturated heterocycles. The molecule has 1 aromatic carbocycles. The Morgan fingerprint density at radius 2 is 1.86 bits per heavy atom. The minimum absolute atomic E-state index is 0.0142. The molecule has 1 unspecified atom stereocenters. The molecule has 1 fully saturated rings. The quantitative estimate of drug-likeness (QED) is 0.687. The zero-order valence-electron chi connectivity index (χ0n) is 16.2. The number of rotatable bonds is 8. The summed E-state index contributed by atoms with van der Waals surface area (Å²) in [4.78, 5) is 22.5. The van der Waals surface area contributed by atoms with Gasteiger partial charge in [-0.2, -0.15) is 4.98 Å². The van der Waals surface area contributed by atoms with Crippen LogP contribution in [0.15, 0.2) is 36.7 Å². The lowest BCUT2D eigenvalue weighted by Crippen LogP contribution is -2.46. The largest absolute Gasteiger partial charge is 0.494 e. The Morgan fingerprint density at radius 1 is 1.14 bits per heavy atom. The number of ether oxygens (including phenoxy) is 4. The number of carbonyl (C=O) groups is 1. The second-order valence-electron chi connectivity index (χ2n) is 6.31. The number of likely N-dealkylation sites (tertiary alicyclic amines) is 1. The van der Waals surface area contributed by atoms with E-state index in [4.69, 9.17) is 18.9 Å². The molecule has 28 heavy (non-hydrogen) atoms. The molecule has 0 N–H and O–H groups in total. The van der Waals surface area contributed by atoms with Crippen molar-refractivity contribution in [2.75, 3.05) is 33.4 Å². The zero-order chi connectivity index (χ0) is 19.8. The van der Waals surface area contributed by atoms with Crippen molar-refractivity contribution in [1.82, 2.24) is 14.9 Å². The summed E-state index contributed by atoms with van der Waals surface area (Å²) in [7, 11) is 1.53. The summed E-state index contributed by atoms with van der Waals surface area (Å²) < 4.78 is 21.9. The molecule has 8 heteroatoms. The lowest BCUT2D eigenvalue weighted by Gasteiger charge is -2.32. The normalized spacial score (nSPS) is 16.4. The highest BCUT2D eigenvalue weighted by Gasteiger charge is 2.25. The molecule has 0 radical (unpaired) electrons. The smallest absolute Gasteiger partial charge is 0.260 e. The molecule has 0 spiro atoms. The first-order valence-corrected chi connectivity index (χ1v) is 9.34. The predicted octanol–water partition coefficient (Wildman–Crippen LogP) is 2.33. The number of hydrogen-bond donors (Lipinski definition) is 0. The van der Waals surface area contributed by atoms with Crippen LogP contribution in [0.25, 0.3) is 0 Å². The van der Waals surface area contributed by atoms with Crippen LogP contribution in [0.5, 0.6) is 23.3 Å². The van der Waals surface area contributed by atoms with Gasteiger partial charge in [-0.25, -0.2) is 0 Å². The summed E-state index contributed by atoms with van der Waals surface area (Å²) in [5.74, 6) is 2.12. The van der Waals surface area contributed by atoms with Gasteiger partial charge in [-0.15, -0.1) is 0 Å². The molecule has 8 nitrogen and oxygen atoms in total. The molecule has 1 aliphatic heterocycles. The summed E-state index contributed by atoms with van der Waals surface area (Å²) in [6, 6.07) is 7.23. The lowest BCUT2D eigenvalue weighted by atomic mass is 10.1. The van der Waals surface area contributed by atoms with Gasteiger partial charge in [0.1, 0.15) is 17.6 Å². The Kier molecular flexibility index (Phi) is 6.89. The van der Waals surface area contributed by atoms with Gasteiger partial charge in [0, 0.05) is 6.54 Å². The van der Waals surface area contributed by atoms with Crippen LogP contribution >= 0.6 is 0 Å². The van der Waals surface area contributed by atoms with Gasteiger partial charge in [-0.3, -0.25) is 9.78 Å². The van der Waals surface area contributed by atoms with E-state index in [1.807, 2.05) is 19.1 Å². The fourth-order valence-electron chi connectivity index (χ4n) is 2.95. The van der Waals surface area contributed by atoms with Crippen LogP contribution in [0.1, 0.15) is 19.8 Å². The average Bonchev–Trinajstić information content (AvgIpc) is 2.73. The van der Waals surface area contributed by atoms with Crippen LogP contribution in [0.2, 0.25) is 0 Å². The van der Waals surface area contributed by atoms with Gasteiger partial charge in [0.25, 0.3) is 5.91 Å². The number of piperidine rings is 1. The minimum atomic E-state index is -0.135. The Labute approximate surface area is 164 Å². The number of hydrogen-bond acceptors (Lipinski definition) is 7. The fraction of sp³-hybridized carbons (Fsp3) is 0.450. The summed E-state index contributed by atoms with van der Waals surface area (Å²) >= 11 is 0. The molecule has 1 aliphatic rings. The maximum absolute atomic E-state index is 12.5. The van der Waals surface area contributed by atoms with Crippen LogP contribution in [-0.4, -0.2) is 60.3 Å². The summed E-state index contributed by atoms with van der Waals surface area (Å²) in [6.45, 7) is 3.71. The third kappa shape index (κ3) is 5.48. The fourth-order valence-corrected chi connectivity index (χ4v) is 2.95. The van der Waals surface area contributed by atoms with Crippen molar-refractivity contribution in [3.05, 3.63) is 36.7 Å². The van der Waals surface area contributed by atoms with E-state index in [-0.39, 0.29) is 18.6 Å². The van der Waals surface area contributed by atoms with Gasteiger partial charge in [-0.05, 0) is 44.0 Å². The number of aromatic nitrogens is 2. The van der Waals surface area contributed by atoms with Gasteiger partial charge in [0.15, 0.2) is 6.61 Å². The molecule has 0 aliphatic carbocycles. The third-order valence-electron chi connectivity index (χ3n) is 4.31. The summed E-state index contributed by atoms with van der Waals surface area (Å²) in [5.41, 5.74) is 0. The summed E-state index contributed by atoms with van der Waals surface area (Å²) in [5, 5.41) is 0.